The van der Waals surface area contributed by atoms with Crippen LogP contribution in [-0.4, -0.2) is 54.2 Å². The first-order valence-electron chi connectivity index (χ1n) is 9.35. The van der Waals surface area contributed by atoms with Crippen molar-refractivity contribution in [2.45, 2.75) is 25.6 Å². The molecule has 0 atom stereocenters. The van der Waals surface area contributed by atoms with E-state index in [2.05, 4.69) is 14.8 Å². The van der Waals surface area contributed by atoms with Gasteiger partial charge >= 0.3 is 0 Å². The highest BCUT2D eigenvalue weighted by atomic mass is 32.2. The lowest BCUT2D eigenvalue weighted by Gasteiger charge is -2.08. The number of nitrogens with zero attached hydrogens (tertiary/aromatic N) is 3. The van der Waals surface area contributed by atoms with Crippen molar-refractivity contribution in [3.8, 4) is 23.0 Å². The molecule has 2 heterocycles. The minimum absolute atomic E-state index is 0.0135. The zero-order chi connectivity index (χ0) is 21.7. The van der Waals surface area contributed by atoms with E-state index < -0.39 is 0 Å². The second-order valence-corrected chi connectivity index (χ2v) is 7.54. The van der Waals surface area contributed by atoms with Gasteiger partial charge in [-0.2, -0.15) is 0 Å². The van der Waals surface area contributed by atoms with E-state index in [9.17, 15) is 4.79 Å². The number of aromatic nitrogens is 3. The van der Waals surface area contributed by atoms with Crippen LogP contribution in [0.4, 0.5) is 0 Å². The largest absolute Gasteiger partial charge is 0.497 e. The molecule has 3 rings (SSSR count). The topological polar surface area (TPSA) is 88.6 Å². The van der Waals surface area contributed by atoms with E-state index in [1.54, 1.807) is 39.5 Å². The van der Waals surface area contributed by atoms with Crippen LogP contribution in [0.1, 0.15) is 21.7 Å². The second-order valence-electron chi connectivity index (χ2n) is 6.62. The van der Waals surface area contributed by atoms with Crippen molar-refractivity contribution in [2.75, 3.05) is 33.7 Å². The van der Waals surface area contributed by atoms with Gasteiger partial charge in [0.05, 0.1) is 26.6 Å². The lowest BCUT2D eigenvalue weighted by Crippen LogP contribution is -2.09. The molecule has 0 saturated carbocycles. The van der Waals surface area contributed by atoms with Crippen LogP contribution < -0.4 is 9.47 Å². The van der Waals surface area contributed by atoms with E-state index in [0.717, 1.165) is 11.4 Å². The predicted molar refractivity (Wildman–Crippen MR) is 114 cm³/mol. The van der Waals surface area contributed by atoms with Crippen molar-refractivity contribution in [1.29, 1.82) is 0 Å². The Hall–Kier alpha value is -2.78. The zero-order valence-electron chi connectivity index (χ0n) is 17.7. The molecule has 30 heavy (non-hydrogen) atoms. The number of hydrogen-bond donors (Lipinski definition) is 0. The first-order chi connectivity index (χ1) is 14.5. The molecule has 0 spiro atoms. The smallest absolute Gasteiger partial charge is 0.277 e. The highest BCUT2D eigenvalue weighted by Crippen LogP contribution is 2.30. The Kier molecular flexibility index (Phi) is 7.17. The van der Waals surface area contributed by atoms with Crippen LogP contribution in [0.2, 0.25) is 0 Å². The maximum atomic E-state index is 12.7. The normalized spacial score (nSPS) is 11.0. The van der Waals surface area contributed by atoms with E-state index >= 15 is 0 Å². The highest BCUT2D eigenvalue weighted by Gasteiger charge is 2.18. The van der Waals surface area contributed by atoms with Crippen LogP contribution in [0.25, 0.3) is 11.5 Å². The summed E-state index contributed by atoms with van der Waals surface area (Å²) in [6.07, 6.45) is 0. The number of ketones is 1. The van der Waals surface area contributed by atoms with E-state index in [1.165, 1.54) is 11.8 Å². The number of methoxy groups -OCH3 is 3. The lowest BCUT2D eigenvalue weighted by atomic mass is 10.2. The number of thioether (sulfide) groups is 1. The number of carbonyl (C=O) groups excluding carboxylic acids is 1. The molecule has 9 heteroatoms. The second kappa shape index (κ2) is 9.82. The summed E-state index contributed by atoms with van der Waals surface area (Å²) in [6, 6.07) is 7.24. The summed E-state index contributed by atoms with van der Waals surface area (Å²) in [5.74, 6) is 1.79. The zero-order valence-corrected chi connectivity index (χ0v) is 18.5. The summed E-state index contributed by atoms with van der Waals surface area (Å²) in [7, 11) is 4.81. The number of ether oxygens (including phenoxy) is 3. The van der Waals surface area contributed by atoms with Gasteiger partial charge in [-0.15, -0.1) is 10.2 Å². The van der Waals surface area contributed by atoms with Crippen molar-refractivity contribution in [3.63, 3.8) is 0 Å². The van der Waals surface area contributed by atoms with E-state index in [0.29, 0.717) is 46.9 Å². The third kappa shape index (κ3) is 4.85. The molecular formula is C21H25N3O5S. The third-order valence-electron chi connectivity index (χ3n) is 4.72. The number of carbonyl (C=O) groups is 1. The van der Waals surface area contributed by atoms with Crippen LogP contribution in [0, 0.1) is 13.8 Å². The molecule has 0 saturated heterocycles. The van der Waals surface area contributed by atoms with Gasteiger partial charge in [0, 0.05) is 42.2 Å². The Morgan fingerprint density at radius 3 is 2.40 bits per heavy atom. The van der Waals surface area contributed by atoms with E-state index in [-0.39, 0.29) is 11.5 Å². The first-order valence-corrected chi connectivity index (χ1v) is 10.3. The summed E-state index contributed by atoms with van der Waals surface area (Å²) in [5.41, 5.74) is 3.35. The predicted octanol–water partition coefficient (Wildman–Crippen LogP) is 3.79. The van der Waals surface area contributed by atoms with Crippen LogP contribution in [0.15, 0.2) is 33.9 Å². The molecular weight excluding hydrogens is 406 g/mol. The molecule has 1 aromatic carbocycles. The molecule has 0 aliphatic heterocycles. The Morgan fingerprint density at radius 2 is 1.77 bits per heavy atom. The number of benzene rings is 1. The van der Waals surface area contributed by atoms with Gasteiger partial charge in [0.1, 0.15) is 11.5 Å². The Morgan fingerprint density at radius 1 is 1.07 bits per heavy atom. The molecule has 0 bridgehead atoms. The van der Waals surface area contributed by atoms with Gasteiger partial charge in [0.25, 0.3) is 5.22 Å². The molecule has 0 N–H and O–H groups in total. The van der Waals surface area contributed by atoms with E-state index in [4.69, 9.17) is 18.6 Å². The summed E-state index contributed by atoms with van der Waals surface area (Å²) in [5, 5.41) is 8.45. The van der Waals surface area contributed by atoms with Crippen LogP contribution in [-0.2, 0) is 11.3 Å². The van der Waals surface area contributed by atoms with Crippen molar-refractivity contribution in [2.24, 2.45) is 0 Å². The monoisotopic (exact) mass is 431 g/mol. The standard InChI is InChI=1S/C21H25N3O5S/c1-13-8-18(14(2)24(13)6-7-26-3)19(25)12-30-21-23-22-20(29-21)15-9-16(27-4)11-17(10-15)28-5/h8-11H,6-7,12H2,1-5H3. The third-order valence-corrected chi connectivity index (χ3v) is 5.54. The highest BCUT2D eigenvalue weighted by molar-refractivity contribution is 7.99. The maximum Gasteiger partial charge on any atom is 0.277 e. The van der Waals surface area contributed by atoms with Crippen molar-refractivity contribution in [1.82, 2.24) is 14.8 Å². The summed E-state index contributed by atoms with van der Waals surface area (Å²) in [6.45, 7) is 5.24. The average Bonchev–Trinajstić information content (AvgIpc) is 3.34. The van der Waals surface area contributed by atoms with Crippen molar-refractivity contribution >= 4 is 17.5 Å². The molecule has 0 unspecified atom stereocenters. The van der Waals surface area contributed by atoms with E-state index in [1.807, 2.05) is 19.9 Å². The van der Waals surface area contributed by atoms with Gasteiger partial charge in [0.15, 0.2) is 5.78 Å². The molecule has 3 aromatic rings. The average molecular weight is 432 g/mol. The number of aryl methyl sites for hydroxylation is 1. The number of hydrogen-bond acceptors (Lipinski definition) is 8. The van der Waals surface area contributed by atoms with Gasteiger partial charge in [0.2, 0.25) is 5.89 Å². The fraction of sp³-hybridized carbons (Fsp3) is 0.381. The summed E-state index contributed by atoms with van der Waals surface area (Å²) in [4.78, 5) is 12.7. The number of Topliss-reactive ketones (excluding diaryl/α,β-unsaturated/α-hetero) is 1. The SMILES string of the molecule is COCCn1c(C)cc(C(=O)CSc2nnc(-c3cc(OC)cc(OC)c3)o2)c1C. The minimum atomic E-state index is 0.0135. The Balaban J connectivity index is 1.70. The van der Waals surface area contributed by atoms with Gasteiger partial charge in [-0.3, -0.25) is 4.79 Å². The van der Waals surface area contributed by atoms with Crippen LogP contribution in [0.3, 0.4) is 0 Å². The van der Waals surface area contributed by atoms with Crippen LogP contribution in [0.5, 0.6) is 11.5 Å². The number of rotatable bonds is 10. The molecule has 160 valence electrons. The first kappa shape index (κ1) is 21.9. The van der Waals surface area contributed by atoms with Gasteiger partial charge < -0.3 is 23.2 Å². The van der Waals surface area contributed by atoms with Gasteiger partial charge in [-0.05, 0) is 32.0 Å². The maximum absolute atomic E-state index is 12.7. The molecule has 8 nitrogen and oxygen atoms in total. The quantitative estimate of drug-likeness (QED) is 0.354. The van der Waals surface area contributed by atoms with Crippen LogP contribution >= 0.6 is 11.8 Å². The molecule has 0 aliphatic rings. The summed E-state index contributed by atoms with van der Waals surface area (Å²) < 4.78 is 23.5. The Bertz CT molecular complexity index is 1010. The minimum Gasteiger partial charge on any atom is -0.497 e. The fourth-order valence-electron chi connectivity index (χ4n) is 3.13. The molecule has 0 radical (unpaired) electrons. The lowest BCUT2D eigenvalue weighted by molar-refractivity contribution is 0.102. The molecule has 0 fully saturated rings. The van der Waals surface area contributed by atoms with Crippen molar-refractivity contribution < 1.29 is 23.4 Å². The van der Waals surface area contributed by atoms with Gasteiger partial charge in [-0.25, -0.2) is 0 Å². The molecule has 2 aromatic heterocycles. The van der Waals surface area contributed by atoms with Crippen molar-refractivity contribution in [3.05, 3.63) is 41.2 Å². The summed E-state index contributed by atoms with van der Waals surface area (Å²) >= 11 is 1.21. The Labute approximate surface area is 179 Å². The van der Waals surface area contributed by atoms with Gasteiger partial charge in [-0.1, -0.05) is 11.8 Å². The molecule has 0 amide bonds. The molecule has 0 aliphatic carbocycles. The fourth-order valence-corrected chi connectivity index (χ4v) is 3.78.